The summed E-state index contributed by atoms with van der Waals surface area (Å²) in [5.74, 6) is -0.662. The summed E-state index contributed by atoms with van der Waals surface area (Å²) in [4.78, 5) is 11.7. The number of aliphatic hydroxyl groups is 1. The number of carbonyl (C=O) groups excluding carboxylic acids is 1. The Morgan fingerprint density at radius 3 is 2.47 bits per heavy atom. The van der Waals surface area contributed by atoms with Crippen LogP contribution >= 0.6 is 0 Å². The average molecular weight is 438 g/mol. The van der Waals surface area contributed by atoms with Gasteiger partial charge in [0.25, 0.3) is 0 Å². The Morgan fingerprint density at radius 1 is 1.16 bits per heavy atom. The fourth-order valence-corrected chi connectivity index (χ4v) is 4.21. The second-order valence-electron chi connectivity index (χ2n) is 8.23. The lowest BCUT2D eigenvalue weighted by atomic mass is 9.99. The summed E-state index contributed by atoms with van der Waals surface area (Å²) in [5, 5.41) is 11.0. The number of ether oxygens (including phenoxy) is 1. The zero-order chi connectivity index (χ0) is 23.4. The first kappa shape index (κ1) is 23.7. The molecule has 4 nitrogen and oxygen atoms in total. The molecule has 2 unspecified atom stereocenters. The third-order valence-electron chi connectivity index (χ3n) is 5.50. The van der Waals surface area contributed by atoms with E-state index in [9.17, 15) is 14.3 Å². The minimum absolute atomic E-state index is 0.0384. The number of carbonyl (C=O) groups is 1. The van der Waals surface area contributed by atoms with Crippen molar-refractivity contribution in [3.63, 3.8) is 0 Å². The summed E-state index contributed by atoms with van der Waals surface area (Å²) < 4.78 is 21.2. The van der Waals surface area contributed by atoms with Crippen molar-refractivity contribution in [2.24, 2.45) is 0 Å². The molecule has 32 heavy (non-hydrogen) atoms. The van der Waals surface area contributed by atoms with E-state index in [1.807, 2.05) is 26.0 Å². The second kappa shape index (κ2) is 10.1. The normalized spacial score (nSPS) is 18.7. The largest absolute Gasteiger partial charge is 0.458 e. The van der Waals surface area contributed by atoms with Gasteiger partial charge in [0.2, 0.25) is 0 Å². The van der Waals surface area contributed by atoms with Crippen LogP contribution in [0.15, 0.2) is 48.5 Å². The smallest absolute Gasteiger partial charge is 0.309 e. The standard InChI is InChI=1S/C25H26FNO3.C2H6/c1-15(2)27-22-10-4-16(3)12-21(22)25(17-5-7-18(26)8-6-17)23(27)11-9-20-13-19(28)14-24(29)30-20;1-2/h4-12,15,19-20,28H,13-14H2,1-3H3;1-2H3/b11-9+;. The number of aliphatic hydroxyl groups excluding tert-OH is 1. The van der Waals surface area contributed by atoms with Crippen molar-refractivity contribution < 1.29 is 19.0 Å². The summed E-state index contributed by atoms with van der Waals surface area (Å²) in [6, 6.07) is 13.0. The molecule has 0 radical (unpaired) electrons. The minimum Gasteiger partial charge on any atom is -0.458 e. The van der Waals surface area contributed by atoms with Crippen molar-refractivity contribution >= 4 is 22.9 Å². The van der Waals surface area contributed by atoms with Gasteiger partial charge in [0.15, 0.2) is 0 Å². The first-order chi connectivity index (χ1) is 15.3. The number of hydrogen-bond acceptors (Lipinski definition) is 3. The lowest BCUT2D eigenvalue weighted by molar-refractivity contribution is -0.156. The van der Waals surface area contributed by atoms with E-state index >= 15 is 0 Å². The van der Waals surface area contributed by atoms with Crippen LogP contribution in [0.2, 0.25) is 0 Å². The lowest BCUT2D eigenvalue weighted by Gasteiger charge is -2.23. The topological polar surface area (TPSA) is 51.5 Å². The third-order valence-corrected chi connectivity index (χ3v) is 5.50. The molecule has 0 bridgehead atoms. The molecule has 4 rings (SSSR count). The Labute approximate surface area is 189 Å². The summed E-state index contributed by atoms with van der Waals surface area (Å²) in [5.41, 5.74) is 5.14. The molecule has 0 aliphatic carbocycles. The molecule has 1 fully saturated rings. The van der Waals surface area contributed by atoms with Crippen molar-refractivity contribution in [1.82, 2.24) is 4.57 Å². The molecule has 0 spiro atoms. The summed E-state index contributed by atoms with van der Waals surface area (Å²) in [6.07, 6.45) is 3.07. The fourth-order valence-electron chi connectivity index (χ4n) is 4.21. The lowest BCUT2D eigenvalue weighted by Crippen LogP contribution is -2.31. The van der Waals surface area contributed by atoms with Gasteiger partial charge < -0.3 is 14.4 Å². The summed E-state index contributed by atoms with van der Waals surface area (Å²) in [6.45, 7) is 10.3. The van der Waals surface area contributed by atoms with E-state index in [-0.39, 0.29) is 24.2 Å². The highest BCUT2D eigenvalue weighted by Crippen LogP contribution is 2.38. The molecular formula is C27H32FNO3. The third kappa shape index (κ3) is 4.94. The van der Waals surface area contributed by atoms with Crippen LogP contribution in [-0.4, -0.2) is 27.9 Å². The Kier molecular flexibility index (Phi) is 7.52. The molecule has 5 heteroatoms. The first-order valence-corrected chi connectivity index (χ1v) is 11.3. The Morgan fingerprint density at radius 2 is 1.84 bits per heavy atom. The van der Waals surface area contributed by atoms with E-state index in [1.54, 1.807) is 12.1 Å². The predicted octanol–water partition coefficient (Wildman–Crippen LogP) is 6.44. The zero-order valence-electron chi connectivity index (χ0n) is 19.4. The van der Waals surface area contributed by atoms with Gasteiger partial charge >= 0.3 is 5.97 Å². The average Bonchev–Trinajstić information content (AvgIpc) is 3.07. The molecule has 1 N–H and O–H groups in total. The molecule has 170 valence electrons. The van der Waals surface area contributed by atoms with Gasteiger partial charge in [-0.05, 0) is 62.8 Å². The second-order valence-corrected chi connectivity index (χ2v) is 8.23. The molecule has 1 aromatic heterocycles. The van der Waals surface area contributed by atoms with E-state index in [0.717, 1.165) is 33.3 Å². The zero-order valence-corrected chi connectivity index (χ0v) is 19.4. The van der Waals surface area contributed by atoms with Gasteiger partial charge in [-0.1, -0.05) is 37.6 Å². The molecule has 1 aliphatic heterocycles. The van der Waals surface area contributed by atoms with Gasteiger partial charge in [-0.15, -0.1) is 0 Å². The highest BCUT2D eigenvalue weighted by molar-refractivity contribution is 6.01. The van der Waals surface area contributed by atoms with E-state index in [2.05, 4.69) is 43.5 Å². The highest BCUT2D eigenvalue weighted by atomic mass is 19.1. The highest BCUT2D eigenvalue weighted by Gasteiger charge is 2.26. The van der Waals surface area contributed by atoms with Crippen LogP contribution in [0.1, 0.15) is 57.8 Å². The van der Waals surface area contributed by atoms with Gasteiger partial charge in [-0.2, -0.15) is 0 Å². The van der Waals surface area contributed by atoms with E-state index in [1.165, 1.54) is 12.1 Å². The SMILES string of the molecule is CC.Cc1ccc2c(c1)c(-c1ccc(F)cc1)c(/C=C/C1CC(O)CC(=O)O1)n2C(C)C. The van der Waals surface area contributed by atoms with Gasteiger partial charge in [0, 0.05) is 34.6 Å². The maximum absolute atomic E-state index is 13.6. The molecule has 2 aromatic carbocycles. The van der Waals surface area contributed by atoms with Crippen LogP contribution in [0.5, 0.6) is 0 Å². The van der Waals surface area contributed by atoms with Crippen molar-refractivity contribution in [1.29, 1.82) is 0 Å². The van der Waals surface area contributed by atoms with Crippen LogP contribution in [-0.2, 0) is 9.53 Å². The van der Waals surface area contributed by atoms with E-state index in [0.29, 0.717) is 6.42 Å². The number of cyclic esters (lactones) is 1. The van der Waals surface area contributed by atoms with Crippen LogP contribution in [0.4, 0.5) is 4.39 Å². The molecule has 1 saturated heterocycles. The fraction of sp³-hybridized carbons (Fsp3) is 0.370. The number of benzene rings is 2. The van der Waals surface area contributed by atoms with Crippen molar-refractivity contribution in [2.45, 2.75) is 65.7 Å². The first-order valence-electron chi connectivity index (χ1n) is 11.3. The number of hydrogen-bond donors (Lipinski definition) is 1. The monoisotopic (exact) mass is 437 g/mol. The van der Waals surface area contributed by atoms with Gasteiger partial charge in [-0.3, -0.25) is 4.79 Å². The molecule has 2 heterocycles. The number of aryl methyl sites for hydroxylation is 1. The van der Waals surface area contributed by atoms with Crippen LogP contribution in [0, 0.1) is 12.7 Å². The molecule has 1 aliphatic rings. The van der Waals surface area contributed by atoms with Gasteiger partial charge in [-0.25, -0.2) is 4.39 Å². The van der Waals surface area contributed by atoms with Crippen molar-refractivity contribution in [3.8, 4) is 11.1 Å². The molecular weight excluding hydrogens is 405 g/mol. The Hall–Kier alpha value is -2.92. The summed E-state index contributed by atoms with van der Waals surface area (Å²) >= 11 is 0. The van der Waals surface area contributed by atoms with Gasteiger partial charge in [0.1, 0.15) is 11.9 Å². The molecule has 0 saturated carbocycles. The van der Waals surface area contributed by atoms with Crippen molar-refractivity contribution in [2.75, 3.05) is 0 Å². The Balaban J connectivity index is 0.00000141. The maximum Gasteiger partial charge on any atom is 0.309 e. The van der Waals surface area contributed by atoms with Crippen LogP contribution in [0.25, 0.3) is 28.1 Å². The molecule has 3 aromatic rings. The van der Waals surface area contributed by atoms with Crippen molar-refractivity contribution in [3.05, 3.63) is 65.6 Å². The number of fused-ring (bicyclic) bond motifs is 1. The number of rotatable bonds is 4. The molecule has 0 amide bonds. The van der Waals surface area contributed by atoms with Crippen LogP contribution in [0.3, 0.4) is 0 Å². The minimum atomic E-state index is -0.684. The van der Waals surface area contributed by atoms with E-state index < -0.39 is 12.2 Å². The predicted molar refractivity (Wildman–Crippen MR) is 128 cm³/mol. The maximum atomic E-state index is 13.6. The number of nitrogens with zero attached hydrogens (tertiary/aromatic N) is 1. The summed E-state index contributed by atoms with van der Waals surface area (Å²) in [7, 11) is 0. The number of halogens is 1. The Bertz CT molecular complexity index is 1110. The van der Waals surface area contributed by atoms with Gasteiger partial charge in [0.05, 0.1) is 12.5 Å². The number of aromatic nitrogens is 1. The van der Waals surface area contributed by atoms with Crippen LogP contribution < -0.4 is 0 Å². The molecule has 2 atom stereocenters. The quantitative estimate of drug-likeness (QED) is 0.478. The number of esters is 1. The van der Waals surface area contributed by atoms with E-state index in [4.69, 9.17) is 4.74 Å².